The van der Waals surface area contributed by atoms with Gasteiger partial charge in [-0.2, -0.15) is 5.26 Å². The van der Waals surface area contributed by atoms with E-state index >= 15 is 0 Å². The topological polar surface area (TPSA) is 125 Å². The number of nitro groups is 1. The maximum Gasteiger partial charge on any atom is 0.315 e. The van der Waals surface area contributed by atoms with E-state index in [1.807, 2.05) is 0 Å². The smallest absolute Gasteiger partial charge is 0.315 e. The number of phenols is 1. The molecule has 0 aromatic heterocycles. The molecule has 0 aliphatic carbocycles. The molecule has 0 unspecified atom stereocenters. The van der Waals surface area contributed by atoms with E-state index in [-0.39, 0.29) is 22.6 Å². The van der Waals surface area contributed by atoms with Crippen molar-refractivity contribution in [3.8, 4) is 17.6 Å². The first kappa shape index (κ1) is 18.4. The van der Waals surface area contributed by atoms with Crippen molar-refractivity contribution in [1.29, 1.82) is 5.26 Å². The van der Waals surface area contributed by atoms with Gasteiger partial charge in [-0.25, -0.2) is 4.39 Å². The third kappa shape index (κ3) is 4.12. The predicted octanol–water partition coefficient (Wildman–Crippen LogP) is 2.99. The summed E-state index contributed by atoms with van der Waals surface area (Å²) in [5, 5.41) is 32.3. The molecule has 2 rings (SSSR count). The van der Waals surface area contributed by atoms with Crippen LogP contribution in [-0.4, -0.2) is 23.0 Å². The zero-order chi connectivity index (χ0) is 19.3. The fourth-order valence-corrected chi connectivity index (χ4v) is 2.04. The number of anilines is 1. The van der Waals surface area contributed by atoms with E-state index < -0.39 is 28.1 Å². The number of rotatable bonds is 5. The minimum absolute atomic E-state index is 0.108. The van der Waals surface area contributed by atoms with Gasteiger partial charge in [0.05, 0.1) is 12.0 Å². The van der Waals surface area contributed by atoms with Crippen molar-refractivity contribution in [2.45, 2.75) is 0 Å². The Balaban J connectivity index is 2.37. The molecule has 9 heteroatoms. The molecule has 0 heterocycles. The second kappa shape index (κ2) is 7.76. The molecule has 2 N–H and O–H groups in total. The van der Waals surface area contributed by atoms with Crippen LogP contribution < -0.4 is 10.1 Å². The van der Waals surface area contributed by atoms with E-state index in [1.54, 1.807) is 6.07 Å². The number of carbonyl (C=O) groups excluding carboxylic acids is 1. The summed E-state index contributed by atoms with van der Waals surface area (Å²) < 4.78 is 17.7. The third-order valence-electron chi connectivity index (χ3n) is 3.27. The van der Waals surface area contributed by atoms with Crippen LogP contribution in [-0.2, 0) is 4.79 Å². The number of amides is 1. The van der Waals surface area contributed by atoms with Crippen LogP contribution in [0.1, 0.15) is 5.56 Å². The lowest BCUT2D eigenvalue weighted by Gasteiger charge is -2.07. The molecule has 0 radical (unpaired) electrons. The second-order valence-electron chi connectivity index (χ2n) is 4.98. The summed E-state index contributed by atoms with van der Waals surface area (Å²) in [6.45, 7) is 0. The number of hydrogen-bond donors (Lipinski definition) is 2. The quantitative estimate of drug-likeness (QED) is 0.367. The van der Waals surface area contributed by atoms with Gasteiger partial charge >= 0.3 is 5.69 Å². The maximum atomic E-state index is 12.9. The molecule has 0 aliphatic heterocycles. The van der Waals surface area contributed by atoms with Crippen LogP contribution in [0.4, 0.5) is 15.8 Å². The molecule has 1 amide bonds. The number of hydrogen-bond acceptors (Lipinski definition) is 6. The van der Waals surface area contributed by atoms with Gasteiger partial charge in [0.25, 0.3) is 5.91 Å². The normalized spacial score (nSPS) is 10.7. The molecule has 0 spiro atoms. The Hall–Kier alpha value is -3.93. The Morgan fingerprint density at radius 1 is 1.38 bits per heavy atom. The van der Waals surface area contributed by atoms with Crippen LogP contribution in [0.3, 0.4) is 0 Å². The average Bonchev–Trinajstić information content (AvgIpc) is 2.62. The summed E-state index contributed by atoms with van der Waals surface area (Å²) in [6.07, 6.45) is 1.10. The highest BCUT2D eigenvalue weighted by Crippen LogP contribution is 2.37. The number of ether oxygens (including phenoxy) is 1. The van der Waals surface area contributed by atoms with E-state index in [1.165, 1.54) is 25.3 Å². The zero-order valence-corrected chi connectivity index (χ0v) is 13.4. The first-order valence-corrected chi connectivity index (χ1v) is 7.09. The van der Waals surface area contributed by atoms with E-state index in [4.69, 9.17) is 4.74 Å². The van der Waals surface area contributed by atoms with Crippen LogP contribution >= 0.6 is 0 Å². The second-order valence-corrected chi connectivity index (χ2v) is 4.98. The number of benzene rings is 2. The largest absolute Gasteiger partial charge is 0.500 e. The van der Waals surface area contributed by atoms with Gasteiger partial charge in [0.2, 0.25) is 5.75 Å². The Morgan fingerprint density at radius 3 is 2.58 bits per heavy atom. The van der Waals surface area contributed by atoms with Gasteiger partial charge in [0.15, 0.2) is 5.75 Å². The zero-order valence-electron chi connectivity index (χ0n) is 13.4. The van der Waals surface area contributed by atoms with Crippen LogP contribution in [0.25, 0.3) is 6.08 Å². The van der Waals surface area contributed by atoms with Crippen LogP contribution in [0.2, 0.25) is 0 Å². The summed E-state index contributed by atoms with van der Waals surface area (Å²) in [5.41, 5.74) is -0.604. The van der Waals surface area contributed by atoms with Crippen molar-refractivity contribution in [2.24, 2.45) is 0 Å². The van der Waals surface area contributed by atoms with Gasteiger partial charge in [-0.15, -0.1) is 0 Å². The number of nitrogens with zero attached hydrogens (tertiary/aromatic N) is 2. The van der Waals surface area contributed by atoms with Crippen molar-refractivity contribution >= 4 is 23.4 Å². The highest BCUT2D eigenvalue weighted by molar-refractivity contribution is 6.09. The molecule has 0 saturated heterocycles. The highest BCUT2D eigenvalue weighted by atomic mass is 19.1. The Morgan fingerprint density at radius 2 is 2.04 bits per heavy atom. The molecule has 26 heavy (non-hydrogen) atoms. The van der Waals surface area contributed by atoms with Gasteiger partial charge in [-0.1, -0.05) is 0 Å². The van der Waals surface area contributed by atoms with Crippen LogP contribution in [0, 0.1) is 27.3 Å². The first-order chi connectivity index (χ1) is 12.3. The minimum atomic E-state index is -0.820. The van der Waals surface area contributed by atoms with E-state index in [2.05, 4.69) is 5.32 Å². The number of aromatic hydroxyl groups is 1. The fourth-order valence-electron chi connectivity index (χ4n) is 2.04. The Labute approximate surface area is 146 Å². The van der Waals surface area contributed by atoms with Crippen molar-refractivity contribution in [3.05, 3.63) is 63.5 Å². The van der Waals surface area contributed by atoms with Gasteiger partial charge in [0.1, 0.15) is 17.5 Å². The van der Waals surface area contributed by atoms with Crippen LogP contribution in [0.15, 0.2) is 42.0 Å². The van der Waals surface area contributed by atoms with Gasteiger partial charge in [0, 0.05) is 11.8 Å². The van der Waals surface area contributed by atoms with Crippen molar-refractivity contribution in [2.75, 3.05) is 12.4 Å². The summed E-state index contributed by atoms with van der Waals surface area (Å²) in [7, 11) is 1.21. The lowest BCUT2D eigenvalue weighted by Crippen LogP contribution is -2.13. The molecule has 0 bridgehead atoms. The van der Waals surface area contributed by atoms with Crippen molar-refractivity contribution in [1.82, 2.24) is 0 Å². The number of nitriles is 1. The number of halogens is 1. The number of methoxy groups -OCH3 is 1. The predicted molar refractivity (Wildman–Crippen MR) is 89.9 cm³/mol. The molecule has 0 fully saturated rings. The minimum Gasteiger partial charge on any atom is -0.500 e. The maximum absolute atomic E-state index is 12.9. The molecule has 0 saturated carbocycles. The Kier molecular flexibility index (Phi) is 5.49. The number of nitrogens with one attached hydrogen (secondary N) is 1. The molecular weight excluding hydrogens is 345 g/mol. The average molecular weight is 357 g/mol. The lowest BCUT2D eigenvalue weighted by atomic mass is 10.1. The SMILES string of the molecule is COc1cc(/C=C(/C#N)C(=O)Nc2ccc(F)cc2)cc([N+](=O)[O-])c1O. The van der Waals surface area contributed by atoms with Gasteiger partial charge < -0.3 is 15.2 Å². The molecule has 8 nitrogen and oxygen atoms in total. The molecule has 0 aliphatic rings. The van der Waals surface area contributed by atoms with Crippen molar-refractivity contribution < 1.29 is 24.0 Å². The molecule has 0 atom stereocenters. The Bertz CT molecular complexity index is 933. The van der Waals surface area contributed by atoms with Gasteiger partial charge in [-0.05, 0) is 42.0 Å². The number of nitro benzene ring substituents is 1. The highest BCUT2D eigenvalue weighted by Gasteiger charge is 2.20. The fraction of sp³-hybridized carbons (Fsp3) is 0.0588. The first-order valence-electron chi connectivity index (χ1n) is 7.09. The standard InChI is InChI=1S/C17H12FN3O5/c1-26-15-8-10(7-14(16(15)22)21(24)25)6-11(9-19)17(23)20-13-4-2-12(18)3-5-13/h2-8,22H,1H3,(H,20,23)/b11-6-. The third-order valence-corrected chi connectivity index (χ3v) is 3.27. The summed E-state index contributed by atoms with van der Waals surface area (Å²) >= 11 is 0. The van der Waals surface area contributed by atoms with Gasteiger partial charge in [-0.3, -0.25) is 14.9 Å². The number of phenolic OH excluding ortho intramolecular Hbond substituents is 1. The van der Waals surface area contributed by atoms with Crippen molar-refractivity contribution in [3.63, 3.8) is 0 Å². The van der Waals surface area contributed by atoms with E-state index in [9.17, 15) is 29.7 Å². The summed E-state index contributed by atoms with van der Waals surface area (Å²) in [6, 6.07) is 8.84. The molecule has 132 valence electrons. The summed E-state index contributed by atoms with van der Waals surface area (Å²) in [4.78, 5) is 22.3. The number of carbonyl (C=O) groups is 1. The van der Waals surface area contributed by atoms with E-state index in [0.717, 1.165) is 24.3 Å². The van der Waals surface area contributed by atoms with E-state index in [0.29, 0.717) is 0 Å². The summed E-state index contributed by atoms with van der Waals surface area (Å²) in [5.74, 6) is -2.11. The molecule has 2 aromatic carbocycles. The molecule has 2 aromatic rings. The van der Waals surface area contributed by atoms with Crippen LogP contribution in [0.5, 0.6) is 11.5 Å². The lowest BCUT2D eigenvalue weighted by molar-refractivity contribution is -0.386. The monoisotopic (exact) mass is 357 g/mol. The molecular formula is C17H12FN3O5.